The fourth-order valence-corrected chi connectivity index (χ4v) is 1.92. The summed E-state index contributed by atoms with van der Waals surface area (Å²) in [6, 6.07) is 15.1. The Labute approximate surface area is 103 Å². The molecule has 1 atom stereocenters. The lowest BCUT2D eigenvalue weighted by Gasteiger charge is -2.23. The summed E-state index contributed by atoms with van der Waals surface area (Å²) in [5, 5.41) is 0. The highest BCUT2D eigenvalue weighted by molar-refractivity contribution is 5.15. The van der Waals surface area contributed by atoms with E-state index in [4.69, 9.17) is 4.42 Å². The van der Waals surface area contributed by atoms with Crippen molar-refractivity contribution in [2.24, 2.45) is 0 Å². The molecule has 0 aliphatic rings. The monoisotopic (exact) mass is 229 g/mol. The maximum atomic E-state index is 5.36. The molecule has 0 spiro atoms. The first-order valence-corrected chi connectivity index (χ1v) is 6.02. The van der Waals surface area contributed by atoms with E-state index in [9.17, 15) is 0 Å². The zero-order valence-corrected chi connectivity index (χ0v) is 10.5. The molecule has 17 heavy (non-hydrogen) atoms. The number of furan rings is 1. The van der Waals surface area contributed by atoms with Crippen molar-refractivity contribution in [1.82, 2.24) is 4.90 Å². The molecule has 90 valence electrons. The Morgan fingerprint density at radius 1 is 1.12 bits per heavy atom. The van der Waals surface area contributed by atoms with Crippen molar-refractivity contribution in [3.05, 3.63) is 60.1 Å². The van der Waals surface area contributed by atoms with Gasteiger partial charge in [0.15, 0.2) is 0 Å². The summed E-state index contributed by atoms with van der Waals surface area (Å²) in [6.45, 7) is 3.11. The average Bonchev–Trinajstić information content (AvgIpc) is 2.83. The van der Waals surface area contributed by atoms with Crippen LogP contribution in [-0.4, -0.2) is 18.0 Å². The molecule has 0 radical (unpaired) electrons. The first kappa shape index (κ1) is 11.9. The summed E-state index contributed by atoms with van der Waals surface area (Å²) >= 11 is 0. The van der Waals surface area contributed by atoms with Crippen LogP contribution in [0.4, 0.5) is 0 Å². The first-order chi connectivity index (χ1) is 8.25. The topological polar surface area (TPSA) is 16.4 Å². The van der Waals surface area contributed by atoms with Gasteiger partial charge >= 0.3 is 0 Å². The van der Waals surface area contributed by atoms with Crippen molar-refractivity contribution in [3.8, 4) is 0 Å². The molecule has 0 aliphatic carbocycles. The van der Waals surface area contributed by atoms with Gasteiger partial charge in [0.25, 0.3) is 0 Å². The molecule has 0 saturated carbocycles. The van der Waals surface area contributed by atoms with Crippen molar-refractivity contribution in [2.45, 2.75) is 25.9 Å². The van der Waals surface area contributed by atoms with Gasteiger partial charge in [-0.25, -0.2) is 0 Å². The van der Waals surface area contributed by atoms with Crippen molar-refractivity contribution >= 4 is 0 Å². The molecule has 1 aromatic carbocycles. The van der Waals surface area contributed by atoms with Crippen LogP contribution in [0.5, 0.6) is 0 Å². The Balaban J connectivity index is 1.89. The van der Waals surface area contributed by atoms with E-state index in [0.717, 1.165) is 18.7 Å². The van der Waals surface area contributed by atoms with Crippen LogP contribution in [0.2, 0.25) is 0 Å². The van der Waals surface area contributed by atoms with Crippen molar-refractivity contribution in [2.75, 3.05) is 7.05 Å². The zero-order valence-electron chi connectivity index (χ0n) is 10.5. The second-order valence-corrected chi connectivity index (χ2v) is 4.53. The lowest BCUT2D eigenvalue weighted by atomic mass is 10.1. The maximum Gasteiger partial charge on any atom is 0.117 e. The molecule has 0 amide bonds. The summed E-state index contributed by atoms with van der Waals surface area (Å²) in [5.74, 6) is 1.02. The Bertz CT molecular complexity index is 421. The van der Waals surface area contributed by atoms with Gasteiger partial charge in [-0.3, -0.25) is 4.90 Å². The van der Waals surface area contributed by atoms with Crippen molar-refractivity contribution in [3.63, 3.8) is 0 Å². The van der Waals surface area contributed by atoms with E-state index < -0.39 is 0 Å². The van der Waals surface area contributed by atoms with Crippen molar-refractivity contribution in [1.29, 1.82) is 0 Å². The van der Waals surface area contributed by atoms with Gasteiger partial charge in [0.2, 0.25) is 0 Å². The van der Waals surface area contributed by atoms with Crippen LogP contribution < -0.4 is 0 Å². The molecule has 0 fully saturated rings. The number of benzene rings is 1. The molecule has 2 aromatic rings. The third-order valence-corrected chi connectivity index (χ3v) is 3.11. The van der Waals surface area contributed by atoms with Gasteiger partial charge in [0.1, 0.15) is 5.76 Å². The minimum Gasteiger partial charge on any atom is -0.468 e. The second kappa shape index (κ2) is 5.69. The van der Waals surface area contributed by atoms with Crippen LogP contribution in [0, 0.1) is 0 Å². The lowest BCUT2D eigenvalue weighted by molar-refractivity contribution is 0.228. The normalized spacial score (nSPS) is 12.9. The summed E-state index contributed by atoms with van der Waals surface area (Å²) in [6.07, 6.45) is 2.79. The molecule has 0 saturated heterocycles. The van der Waals surface area contributed by atoms with E-state index in [2.05, 4.69) is 49.2 Å². The summed E-state index contributed by atoms with van der Waals surface area (Å²) in [7, 11) is 2.14. The molecule has 1 aromatic heterocycles. The van der Waals surface area contributed by atoms with Gasteiger partial charge in [-0.15, -0.1) is 0 Å². The Morgan fingerprint density at radius 3 is 2.53 bits per heavy atom. The average molecular weight is 229 g/mol. The van der Waals surface area contributed by atoms with Gasteiger partial charge in [-0.05, 0) is 38.1 Å². The van der Waals surface area contributed by atoms with Gasteiger partial charge in [0.05, 0.1) is 12.8 Å². The molecular weight excluding hydrogens is 210 g/mol. The van der Waals surface area contributed by atoms with Crippen LogP contribution >= 0.6 is 0 Å². The standard InChI is InChI=1S/C15H19NO/c1-13(11-14-7-4-3-5-8-14)16(2)12-15-9-6-10-17-15/h3-10,13H,11-12H2,1-2H3/t13-/m1/s1. The van der Waals surface area contributed by atoms with Crippen LogP contribution in [0.15, 0.2) is 53.1 Å². The summed E-state index contributed by atoms with van der Waals surface area (Å²) in [4.78, 5) is 2.31. The van der Waals surface area contributed by atoms with Crippen molar-refractivity contribution < 1.29 is 4.42 Å². The largest absolute Gasteiger partial charge is 0.468 e. The third kappa shape index (κ3) is 3.46. The van der Waals surface area contributed by atoms with E-state index in [1.54, 1.807) is 6.26 Å². The van der Waals surface area contributed by atoms with Gasteiger partial charge in [0, 0.05) is 6.04 Å². The molecule has 2 rings (SSSR count). The van der Waals surface area contributed by atoms with Gasteiger partial charge < -0.3 is 4.42 Å². The molecule has 2 heteroatoms. The van der Waals surface area contributed by atoms with E-state index in [1.165, 1.54) is 5.56 Å². The van der Waals surface area contributed by atoms with E-state index in [1.807, 2.05) is 12.1 Å². The Hall–Kier alpha value is -1.54. The summed E-state index contributed by atoms with van der Waals surface area (Å²) < 4.78 is 5.36. The quantitative estimate of drug-likeness (QED) is 0.781. The fourth-order valence-electron chi connectivity index (χ4n) is 1.92. The Morgan fingerprint density at radius 2 is 1.88 bits per heavy atom. The molecule has 0 unspecified atom stereocenters. The third-order valence-electron chi connectivity index (χ3n) is 3.11. The highest BCUT2D eigenvalue weighted by Gasteiger charge is 2.11. The summed E-state index contributed by atoms with van der Waals surface area (Å²) in [5.41, 5.74) is 1.38. The minimum absolute atomic E-state index is 0.502. The first-order valence-electron chi connectivity index (χ1n) is 6.02. The highest BCUT2D eigenvalue weighted by Crippen LogP contribution is 2.11. The fraction of sp³-hybridized carbons (Fsp3) is 0.333. The number of nitrogens with zero attached hydrogens (tertiary/aromatic N) is 1. The van der Waals surface area contributed by atoms with Crippen LogP contribution in [0.3, 0.4) is 0 Å². The van der Waals surface area contributed by atoms with E-state index in [0.29, 0.717) is 6.04 Å². The molecule has 0 bridgehead atoms. The smallest absolute Gasteiger partial charge is 0.117 e. The molecule has 2 nitrogen and oxygen atoms in total. The number of hydrogen-bond acceptors (Lipinski definition) is 2. The van der Waals surface area contributed by atoms with Gasteiger partial charge in [-0.2, -0.15) is 0 Å². The van der Waals surface area contributed by atoms with Gasteiger partial charge in [-0.1, -0.05) is 30.3 Å². The molecule has 1 heterocycles. The second-order valence-electron chi connectivity index (χ2n) is 4.53. The van der Waals surface area contributed by atoms with E-state index in [-0.39, 0.29) is 0 Å². The SMILES string of the molecule is C[C@H](Cc1ccccc1)N(C)Cc1ccco1. The molecule has 0 aliphatic heterocycles. The Kier molecular flexibility index (Phi) is 3.99. The lowest BCUT2D eigenvalue weighted by Crippen LogP contribution is -2.30. The van der Waals surface area contributed by atoms with Crippen LogP contribution in [0.25, 0.3) is 0 Å². The van der Waals surface area contributed by atoms with Crippen LogP contribution in [0.1, 0.15) is 18.2 Å². The minimum atomic E-state index is 0.502. The number of rotatable bonds is 5. The maximum absolute atomic E-state index is 5.36. The molecular formula is C15H19NO. The molecule has 0 N–H and O–H groups in total. The predicted molar refractivity (Wildman–Crippen MR) is 69.8 cm³/mol. The van der Waals surface area contributed by atoms with Crippen LogP contribution in [-0.2, 0) is 13.0 Å². The number of hydrogen-bond donors (Lipinski definition) is 0. The highest BCUT2D eigenvalue weighted by atomic mass is 16.3. The van der Waals surface area contributed by atoms with E-state index >= 15 is 0 Å². The number of likely N-dealkylation sites (N-methyl/N-ethyl adjacent to an activating group) is 1. The predicted octanol–water partition coefficient (Wildman–Crippen LogP) is 3.34. The zero-order chi connectivity index (χ0) is 12.1.